The van der Waals surface area contributed by atoms with E-state index in [0.29, 0.717) is 29.3 Å². The van der Waals surface area contributed by atoms with E-state index in [9.17, 15) is 9.90 Å². The summed E-state index contributed by atoms with van der Waals surface area (Å²) in [6.07, 6.45) is 5.58. The largest absolute Gasteiger partial charge is 0.396 e. The summed E-state index contributed by atoms with van der Waals surface area (Å²) in [5, 5.41) is 9.33. The third-order valence-electron chi connectivity index (χ3n) is 5.90. The second-order valence-corrected chi connectivity index (χ2v) is 9.34. The molecule has 4 rings (SSSR count). The number of aromatic amines is 1. The molecule has 1 aliphatic heterocycles. The van der Waals surface area contributed by atoms with E-state index in [0.717, 1.165) is 43.7 Å². The highest BCUT2D eigenvalue weighted by atomic mass is 16.3. The van der Waals surface area contributed by atoms with Crippen molar-refractivity contribution in [1.82, 2.24) is 19.9 Å². The van der Waals surface area contributed by atoms with Gasteiger partial charge in [-0.05, 0) is 43.5 Å². The lowest BCUT2D eigenvalue weighted by molar-refractivity contribution is 0.0860. The van der Waals surface area contributed by atoms with Gasteiger partial charge in [0.1, 0.15) is 5.52 Å². The number of ketones is 1. The molecule has 3 aromatic rings. The van der Waals surface area contributed by atoms with Crippen molar-refractivity contribution >= 4 is 16.9 Å². The van der Waals surface area contributed by atoms with Crippen LogP contribution in [-0.4, -0.2) is 50.4 Å². The minimum Gasteiger partial charge on any atom is -0.396 e. The Morgan fingerprint density at radius 3 is 2.73 bits per heavy atom. The third-order valence-corrected chi connectivity index (χ3v) is 5.90. The zero-order valence-electron chi connectivity index (χ0n) is 18.0. The molecule has 1 aromatic carbocycles. The Morgan fingerprint density at radius 1 is 1.27 bits per heavy atom. The van der Waals surface area contributed by atoms with Gasteiger partial charge < -0.3 is 10.1 Å². The first-order valence-corrected chi connectivity index (χ1v) is 10.7. The summed E-state index contributed by atoms with van der Waals surface area (Å²) >= 11 is 0. The molecular weight excluding hydrogens is 376 g/mol. The molecule has 6 nitrogen and oxygen atoms in total. The molecule has 2 aromatic heterocycles. The van der Waals surface area contributed by atoms with Gasteiger partial charge >= 0.3 is 0 Å². The van der Waals surface area contributed by atoms with E-state index in [1.807, 2.05) is 26.8 Å². The Balaban J connectivity index is 1.58. The van der Waals surface area contributed by atoms with Gasteiger partial charge in [0.05, 0.1) is 17.5 Å². The molecule has 0 saturated carbocycles. The predicted molar refractivity (Wildman–Crippen MR) is 118 cm³/mol. The van der Waals surface area contributed by atoms with Gasteiger partial charge in [-0.15, -0.1) is 0 Å². The van der Waals surface area contributed by atoms with Crippen LogP contribution in [-0.2, 0) is 6.54 Å². The number of piperidine rings is 1. The SMILES string of the molecule is CC(C)(C)C(=O)c1c[nH]c2ncc(-c3cccc(CN4CCC(CO)CC4)c3)nc12. The summed E-state index contributed by atoms with van der Waals surface area (Å²) in [4.78, 5) is 27.6. The van der Waals surface area contributed by atoms with Crippen molar-refractivity contribution in [2.75, 3.05) is 19.7 Å². The molecule has 6 heteroatoms. The number of aliphatic hydroxyl groups excluding tert-OH is 1. The first-order chi connectivity index (χ1) is 14.3. The monoisotopic (exact) mass is 406 g/mol. The van der Waals surface area contributed by atoms with Crippen LogP contribution in [0.1, 0.15) is 49.5 Å². The normalized spacial score (nSPS) is 16.3. The fourth-order valence-corrected chi connectivity index (χ4v) is 4.02. The fraction of sp³-hybridized carbons (Fsp3) is 0.458. The quantitative estimate of drug-likeness (QED) is 0.625. The Bertz CT molecular complexity index is 1040. The number of hydrogen-bond donors (Lipinski definition) is 2. The lowest BCUT2D eigenvalue weighted by atomic mass is 9.87. The number of aliphatic hydroxyl groups is 1. The molecule has 3 heterocycles. The summed E-state index contributed by atoms with van der Waals surface area (Å²) in [5.41, 5.74) is 4.38. The van der Waals surface area contributed by atoms with Crippen molar-refractivity contribution in [1.29, 1.82) is 0 Å². The van der Waals surface area contributed by atoms with Gasteiger partial charge in [-0.3, -0.25) is 9.69 Å². The van der Waals surface area contributed by atoms with Gasteiger partial charge in [0.25, 0.3) is 0 Å². The zero-order valence-corrected chi connectivity index (χ0v) is 18.0. The molecule has 0 amide bonds. The minimum atomic E-state index is -0.476. The number of Topliss-reactive ketones (excluding diaryl/α,β-unsaturated/α-hetero) is 1. The van der Waals surface area contributed by atoms with Gasteiger partial charge in [-0.1, -0.05) is 39.0 Å². The van der Waals surface area contributed by atoms with Crippen LogP contribution >= 0.6 is 0 Å². The third kappa shape index (κ3) is 4.30. The van der Waals surface area contributed by atoms with Gasteiger partial charge in [0.15, 0.2) is 11.4 Å². The van der Waals surface area contributed by atoms with Crippen molar-refractivity contribution in [3.8, 4) is 11.3 Å². The molecule has 2 N–H and O–H groups in total. The number of rotatable bonds is 5. The number of carbonyl (C=O) groups excluding carboxylic acids is 1. The first-order valence-electron chi connectivity index (χ1n) is 10.7. The number of carbonyl (C=O) groups is 1. The van der Waals surface area contributed by atoms with E-state index < -0.39 is 5.41 Å². The molecule has 1 fully saturated rings. The Hall–Kier alpha value is -2.57. The summed E-state index contributed by atoms with van der Waals surface area (Å²) in [5.74, 6) is 0.501. The highest BCUT2D eigenvalue weighted by Crippen LogP contribution is 2.27. The van der Waals surface area contributed by atoms with Crippen LogP contribution in [0.5, 0.6) is 0 Å². The predicted octanol–water partition coefficient (Wildman–Crippen LogP) is 4.06. The average Bonchev–Trinajstić information content (AvgIpc) is 3.16. The summed E-state index contributed by atoms with van der Waals surface area (Å²) < 4.78 is 0. The molecule has 30 heavy (non-hydrogen) atoms. The van der Waals surface area contributed by atoms with Crippen LogP contribution in [0.25, 0.3) is 22.4 Å². The molecule has 1 aliphatic rings. The minimum absolute atomic E-state index is 0.0558. The maximum Gasteiger partial charge on any atom is 0.171 e. The average molecular weight is 407 g/mol. The van der Waals surface area contributed by atoms with Crippen LogP contribution in [0.15, 0.2) is 36.7 Å². The molecule has 1 saturated heterocycles. The fourth-order valence-electron chi connectivity index (χ4n) is 4.02. The number of hydrogen-bond acceptors (Lipinski definition) is 5. The summed E-state index contributed by atoms with van der Waals surface area (Å²) in [6, 6.07) is 8.38. The number of benzene rings is 1. The van der Waals surface area contributed by atoms with E-state index in [4.69, 9.17) is 4.98 Å². The number of aromatic nitrogens is 3. The van der Waals surface area contributed by atoms with Crippen molar-refractivity contribution in [2.45, 2.75) is 40.2 Å². The Kier molecular flexibility index (Phi) is 5.71. The summed E-state index contributed by atoms with van der Waals surface area (Å²) in [7, 11) is 0. The maximum absolute atomic E-state index is 12.8. The summed E-state index contributed by atoms with van der Waals surface area (Å²) in [6.45, 7) is 8.96. The lowest BCUT2D eigenvalue weighted by Crippen LogP contribution is -2.34. The lowest BCUT2D eigenvalue weighted by Gasteiger charge is -2.31. The number of fused-ring (bicyclic) bond motifs is 1. The van der Waals surface area contributed by atoms with Crippen LogP contribution < -0.4 is 0 Å². The van der Waals surface area contributed by atoms with E-state index in [-0.39, 0.29) is 5.78 Å². The molecule has 0 atom stereocenters. The topological polar surface area (TPSA) is 82.1 Å². The van der Waals surface area contributed by atoms with Crippen LogP contribution in [0.4, 0.5) is 0 Å². The van der Waals surface area contributed by atoms with E-state index in [1.54, 1.807) is 12.4 Å². The highest BCUT2D eigenvalue weighted by molar-refractivity contribution is 6.08. The smallest absolute Gasteiger partial charge is 0.171 e. The number of likely N-dealkylation sites (tertiary alicyclic amines) is 1. The van der Waals surface area contributed by atoms with Gasteiger partial charge in [-0.25, -0.2) is 9.97 Å². The van der Waals surface area contributed by atoms with Gasteiger partial charge in [0, 0.05) is 30.3 Å². The number of nitrogens with one attached hydrogen (secondary N) is 1. The van der Waals surface area contributed by atoms with Crippen molar-refractivity contribution < 1.29 is 9.90 Å². The molecular formula is C24H30N4O2. The Labute approximate surface area is 177 Å². The number of H-pyrrole nitrogens is 1. The molecule has 0 unspecified atom stereocenters. The van der Waals surface area contributed by atoms with Crippen LogP contribution in [0.3, 0.4) is 0 Å². The standard InChI is InChI=1S/C24H30N4O2/c1-24(2,3)22(30)19-12-25-23-21(19)27-20(13-26-23)18-6-4-5-17(11-18)14-28-9-7-16(15-29)8-10-28/h4-6,11-13,16,29H,7-10,14-15H2,1-3H3,(H,25,26). The maximum atomic E-state index is 12.8. The van der Waals surface area contributed by atoms with Crippen LogP contribution in [0, 0.1) is 11.3 Å². The zero-order chi connectivity index (χ0) is 21.3. The van der Waals surface area contributed by atoms with Crippen molar-refractivity contribution in [2.24, 2.45) is 11.3 Å². The van der Waals surface area contributed by atoms with E-state index in [1.165, 1.54) is 5.56 Å². The van der Waals surface area contributed by atoms with E-state index in [2.05, 4.69) is 33.1 Å². The van der Waals surface area contributed by atoms with Gasteiger partial charge in [0.2, 0.25) is 0 Å². The second kappa shape index (κ2) is 8.28. The van der Waals surface area contributed by atoms with E-state index >= 15 is 0 Å². The molecule has 0 spiro atoms. The van der Waals surface area contributed by atoms with Crippen molar-refractivity contribution in [3.63, 3.8) is 0 Å². The molecule has 0 radical (unpaired) electrons. The highest BCUT2D eigenvalue weighted by Gasteiger charge is 2.26. The number of nitrogens with zero attached hydrogens (tertiary/aromatic N) is 3. The molecule has 0 bridgehead atoms. The Morgan fingerprint density at radius 2 is 2.03 bits per heavy atom. The second-order valence-electron chi connectivity index (χ2n) is 9.34. The van der Waals surface area contributed by atoms with Gasteiger partial charge in [-0.2, -0.15) is 0 Å². The molecule has 158 valence electrons. The van der Waals surface area contributed by atoms with Crippen molar-refractivity contribution in [3.05, 3.63) is 47.8 Å². The van der Waals surface area contributed by atoms with Crippen LogP contribution in [0.2, 0.25) is 0 Å². The first kappa shape index (κ1) is 20.7. The molecule has 0 aliphatic carbocycles.